The number of hydrogen-bond donors (Lipinski definition) is 1. The van der Waals surface area contributed by atoms with Crippen molar-refractivity contribution in [2.45, 2.75) is 0 Å². The highest BCUT2D eigenvalue weighted by Crippen LogP contribution is 2.22. The Labute approximate surface area is 187 Å². The second-order valence-corrected chi connectivity index (χ2v) is 6.98. The SMILES string of the molecule is COc1cccc(-c2nc3ccccc3c(=O)n2NC(=O)C=Cc2ccc([N+](=O)[O-])cc2)c1. The molecule has 0 unspecified atom stereocenters. The van der Waals surface area contributed by atoms with Gasteiger partial charge in [-0.3, -0.25) is 25.1 Å². The Bertz CT molecular complexity index is 1440. The van der Waals surface area contributed by atoms with Crippen LogP contribution in [0.15, 0.2) is 83.7 Å². The molecule has 0 fully saturated rings. The van der Waals surface area contributed by atoms with E-state index in [1.165, 1.54) is 43.5 Å². The molecule has 164 valence electrons. The average molecular weight is 442 g/mol. The van der Waals surface area contributed by atoms with Gasteiger partial charge in [0.15, 0.2) is 5.82 Å². The van der Waals surface area contributed by atoms with Crippen LogP contribution < -0.4 is 15.7 Å². The molecular weight excluding hydrogens is 424 g/mol. The van der Waals surface area contributed by atoms with Gasteiger partial charge >= 0.3 is 0 Å². The van der Waals surface area contributed by atoms with E-state index in [4.69, 9.17) is 4.74 Å². The lowest BCUT2D eigenvalue weighted by Crippen LogP contribution is -2.34. The summed E-state index contributed by atoms with van der Waals surface area (Å²) in [6, 6.07) is 19.6. The minimum absolute atomic E-state index is 0.0478. The van der Waals surface area contributed by atoms with Crippen LogP contribution in [0, 0.1) is 10.1 Å². The number of nitro benzene ring substituents is 1. The zero-order valence-corrected chi connectivity index (χ0v) is 17.5. The van der Waals surface area contributed by atoms with Crippen molar-refractivity contribution in [3.8, 4) is 17.1 Å². The van der Waals surface area contributed by atoms with E-state index in [1.54, 1.807) is 48.5 Å². The fraction of sp³-hybridized carbons (Fsp3) is 0.0417. The molecule has 4 rings (SSSR count). The largest absolute Gasteiger partial charge is 0.497 e. The molecule has 1 amide bonds. The fourth-order valence-corrected chi connectivity index (χ4v) is 3.22. The fourth-order valence-electron chi connectivity index (χ4n) is 3.22. The second kappa shape index (κ2) is 9.15. The van der Waals surface area contributed by atoms with Gasteiger partial charge in [0.25, 0.3) is 17.2 Å². The van der Waals surface area contributed by atoms with Crippen LogP contribution in [0.2, 0.25) is 0 Å². The van der Waals surface area contributed by atoms with Crippen LogP contribution in [0.4, 0.5) is 5.69 Å². The number of ether oxygens (including phenoxy) is 1. The molecule has 1 heterocycles. The highest BCUT2D eigenvalue weighted by Gasteiger charge is 2.15. The number of methoxy groups -OCH3 is 1. The highest BCUT2D eigenvalue weighted by atomic mass is 16.6. The van der Waals surface area contributed by atoms with E-state index in [9.17, 15) is 19.7 Å². The summed E-state index contributed by atoms with van der Waals surface area (Å²) in [7, 11) is 1.53. The number of para-hydroxylation sites is 1. The molecule has 4 aromatic rings. The van der Waals surface area contributed by atoms with Crippen LogP contribution in [0.1, 0.15) is 5.56 Å². The number of nitrogens with one attached hydrogen (secondary N) is 1. The summed E-state index contributed by atoms with van der Waals surface area (Å²) in [5, 5.41) is 11.1. The van der Waals surface area contributed by atoms with Gasteiger partial charge < -0.3 is 4.74 Å². The molecular formula is C24H18N4O5. The van der Waals surface area contributed by atoms with Crippen molar-refractivity contribution in [1.29, 1.82) is 0 Å². The molecule has 3 aromatic carbocycles. The quantitative estimate of drug-likeness (QED) is 0.276. The smallest absolute Gasteiger partial charge is 0.280 e. The number of amides is 1. The Morgan fingerprint density at radius 1 is 1.09 bits per heavy atom. The predicted octanol–water partition coefficient (Wildman–Crippen LogP) is 3.76. The first-order chi connectivity index (χ1) is 16.0. The third-order valence-corrected chi connectivity index (χ3v) is 4.86. The number of non-ortho nitro benzene ring substituents is 1. The van der Waals surface area contributed by atoms with Crippen molar-refractivity contribution in [3.63, 3.8) is 0 Å². The van der Waals surface area contributed by atoms with Crippen molar-refractivity contribution in [2.24, 2.45) is 0 Å². The van der Waals surface area contributed by atoms with Crippen LogP contribution >= 0.6 is 0 Å². The van der Waals surface area contributed by atoms with E-state index in [2.05, 4.69) is 10.4 Å². The van der Waals surface area contributed by atoms with Crippen molar-refractivity contribution in [1.82, 2.24) is 9.66 Å². The highest BCUT2D eigenvalue weighted by molar-refractivity contribution is 5.98. The first-order valence-corrected chi connectivity index (χ1v) is 9.86. The molecule has 9 nitrogen and oxygen atoms in total. The number of carbonyl (C=O) groups excluding carboxylic acids is 1. The third-order valence-electron chi connectivity index (χ3n) is 4.86. The molecule has 0 saturated heterocycles. The number of benzene rings is 3. The zero-order chi connectivity index (χ0) is 23.4. The zero-order valence-electron chi connectivity index (χ0n) is 17.5. The standard InChI is InChI=1S/C24H18N4O5/c1-33-19-6-4-5-17(15-19)23-25-21-8-3-2-7-20(21)24(30)27(23)26-22(29)14-11-16-9-12-18(13-10-16)28(31)32/h2-15H,1H3,(H,26,29). The monoisotopic (exact) mass is 442 g/mol. The minimum atomic E-state index is -0.573. The summed E-state index contributed by atoms with van der Waals surface area (Å²) in [6.45, 7) is 0. The number of carbonyl (C=O) groups is 1. The number of nitrogens with zero attached hydrogens (tertiary/aromatic N) is 3. The third kappa shape index (κ3) is 4.62. The van der Waals surface area contributed by atoms with E-state index in [0.717, 1.165) is 4.68 Å². The summed E-state index contributed by atoms with van der Waals surface area (Å²) in [6.07, 6.45) is 2.72. The van der Waals surface area contributed by atoms with Crippen molar-refractivity contribution >= 4 is 28.6 Å². The number of fused-ring (bicyclic) bond motifs is 1. The number of rotatable bonds is 6. The van der Waals surface area contributed by atoms with Crippen molar-refractivity contribution in [2.75, 3.05) is 12.5 Å². The molecule has 9 heteroatoms. The first kappa shape index (κ1) is 21.4. The van der Waals surface area contributed by atoms with Gasteiger partial charge in [0.1, 0.15) is 5.75 Å². The lowest BCUT2D eigenvalue weighted by Gasteiger charge is -2.14. The molecule has 33 heavy (non-hydrogen) atoms. The van der Waals surface area contributed by atoms with Crippen LogP contribution in [0.25, 0.3) is 28.4 Å². The first-order valence-electron chi connectivity index (χ1n) is 9.86. The Morgan fingerprint density at radius 2 is 1.85 bits per heavy atom. The van der Waals surface area contributed by atoms with Gasteiger partial charge in [-0.15, -0.1) is 0 Å². The Kier molecular flexibility index (Phi) is 5.94. The van der Waals surface area contributed by atoms with Crippen molar-refractivity contribution < 1.29 is 14.5 Å². The normalized spacial score (nSPS) is 10.9. The molecule has 0 aliphatic rings. The summed E-state index contributed by atoms with van der Waals surface area (Å²) in [5.41, 5.74) is 3.75. The topological polar surface area (TPSA) is 116 Å². The Morgan fingerprint density at radius 3 is 2.58 bits per heavy atom. The van der Waals surface area contributed by atoms with Gasteiger partial charge in [-0.1, -0.05) is 24.3 Å². The molecule has 1 aromatic heterocycles. The van der Waals surface area contributed by atoms with E-state index in [-0.39, 0.29) is 11.5 Å². The molecule has 0 aliphatic heterocycles. The van der Waals surface area contributed by atoms with Gasteiger partial charge in [-0.2, -0.15) is 4.68 Å². The lowest BCUT2D eigenvalue weighted by atomic mass is 10.1. The summed E-state index contributed by atoms with van der Waals surface area (Å²) in [4.78, 5) is 40.7. The summed E-state index contributed by atoms with van der Waals surface area (Å²) in [5.74, 6) is 0.247. The van der Waals surface area contributed by atoms with E-state index >= 15 is 0 Å². The van der Waals surface area contributed by atoms with Crippen molar-refractivity contribution in [3.05, 3.63) is 105 Å². The minimum Gasteiger partial charge on any atom is -0.497 e. The van der Waals surface area contributed by atoms with Gasteiger partial charge in [0, 0.05) is 23.8 Å². The number of hydrogen-bond acceptors (Lipinski definition) is 6. The molecule has 0 radical (unpaired) electrons. The average Bonchev–Trinajstić information content (AvgIpc) is 2.84. The molecule has 0 atom stereocenters. The maximum Gasteiger partial charge on any atom is 0.280 e. The van der Waals surface area contributed by atoms with Gasteiger partial charge in [0.05, 0.1) is 22.9 Å². The summed E-state index contributed by atoms with van der Waals surface area (Å²) < 4.78 is 6.37. The predicted molar refractivity (Wildman–Crippen MR) is 124 cm³/mol. The molecule has 0 bridgehead atoms. The summed E-state index contributed by atoms with van der Waals surface area (Å²) >= 11 is 0. The van der Waals surface area contributed by atoms with Gasteiger partial charge in [0.2, 0.25) is 0 Å². The van der Waals surface area contributed by atoms with Crippen LogP contribution in [-0.4, -0.2) is 27.6 Å². The van der Waals surface area contributed by atoms with E-state index in [1.807, 2.05) is 0 Å². The maximum absolute atomic E-state index is 13.2. The lowest BCUT2D eigenvalue weighted by molar-refractivity contribution is -0.384. The Hall–Kier alpha value is -4.79. The molecule has 0 aliphatic carbocycles. The van der Waals surface area contributed by atoms with Gasteiger partial charge in [-0.05, 0) is 48.0 Å². The molecule has 1 N–H and O–H groups in total. The van der Waals surface area contributed by atoms with E-state index in [0.29, 0.717) is 27.8 Å². The van der Waals surface area contributed by atoms with Crippen LogP contribution in [0.3, 0.4) is 0 Å². The molecule has 0 saturated carbocycles. The second-order valence-electron chi connectivity index (χ2n) is 6.98. The maximum atomic E-state index is 13.2. The number of nitro groups is 1. The van der Waals surface area contributed by atoms with Gasteiger partial charge in [-0.25, -0.2) is 4.98 Å². The molecule has 0 spiro atoms. The Balaban J connectivity index is 1.71. The number of aromatic nitrogens is 2. The van der Waals surface area contributed by atoms with E-state index < -0.39 is 16.4 Å². The van der Waals surface area contributed by atoms with Crippen LogP contribution in [0.5, 0.6) is 5.75 Å². The van der Waals surface area contributed by atoms with Crippen LogP contribution in [-0.2, 0) is 4.79 Å².